The zero-order valence-corrected chi connectivity index (χ0v) is 13.8. The van der Waals surface area contributed by atoms with Crippen LogP contribution in [0.25, 0.3) is 0 Å². The van der Waals surface area contributed by atoms with Crippen LogP contribution in [0.1, 0.15) is 42.1 Å². The van der Waals surface area contributed by atoms with Gasteiger partial charge in [-0.1, -0.05) is 44.2 Å². The molecule has 21 heavy (non-hydrogen) atoms. The number of benzene rings is 1. The van der Waals surface area contributed by atoms with E-state index >= 15 is 0 Å². The Hall–Kier alpha value is -1.23. The lowest BCUT2D eigenvalue weighted by molar-refractivity contribution is 0.184. The maximum Gasteiger partial charge on any atom is 0.0979 e. The molecule has 2 rings (SSSR count). The van der Waals surface area contributed by atoms with Gasteiger partial charge in [0.25, 0.3) is 0 Å². The minimum Gasteiger partial charge on any atom is -0.384 e. The molecule has 0 fully saturated rings. The van der Waals surface area contributed by atoms with Crippen LogP contribution < -0.4 is 5.32 Å². The van der Waals surface area contributed by atoms with Crippen LogP contribution in [0.2, 0.25) is 0 Å². The highest BCUT2D eigenvalue weighted by Gasteiger charge is 2.15. The van der Waals surface area contributed by atoms with Gasteiger partial charge in [0.1, 0.15) is 0 Å². The minimum atomic E-state index is 0.323. The van der Waals surface area contributed by atoms with Crippen LogP contribution in [0, 0.1) is 0 Å². The zero-order chi connectivity index (χ0) is 15.1. The molecule has 2 atom stereocenters. The molecule has 2 aromatic rings. The zero-order valence-electron chi connectivity index (χ0n) is 13.0. The van der Waals surface area contributed by atoms with Crippen molar-refractivity contribution < 1.29 is 4.74 Å². The van der Waals surface area contributed by atoms with Crippen LogP contribution in [0.4, 0.5) is 0 Å². The molecule has 0 aliphatic carbocycles. The van der Waals surface area contributed by atoms with Gasteiger partial charge >= 0.3 is 0 Å². The Morgan fingerprint density at radius 1 is 1.29 bits per heavy atom. The maximum atomic E-state index is 5.21. The Labute approximate surface area is 131 Å². The lowest BCUT2D eigenvalue weighted by Crippen LogP contribution is -2.23. The third-order valence-electron chi connectivity index (χ3n) is 3.47. The van der Waals surface area contributed by atoms with Crippen LogP contribution in [0.15, 0.2) is 35.7 Å². The standard InChI is InChI=1S/C17H24N2OS/c1-4-18-16(14-8-6-5-7-9-14)10-15-12-21-17(19-15)13(2)11-20-3/h5-9,12-13,16,18H,4,10-11H2,1-3H3. The van der Waals surface area contributed by atoms with Gasteiger partial charge in [0, 0.05) is 30.9 Å². The van der Waals surface area contributed by atoms with E-state index in [9.17, 15) is 0 Å². The first-order chi connectivity index (χ1) is 10.2. The summed E-state index contributed by atoms with van der Waals surface area (Å²) in [6.07, 6.45) is 0.925. The number of hydrogen-bond donors (Lipinski definition) is 1. The summed E-state index contributed by atoms with van der Waals surface area (Å²) in [5.74, 6) is 0.364. The number of ether oxygens (including phenoxy) is 1. The van der Waals surface area contributed by atoms with Gasteiger partial charge in [-0.2, -0.15) is 0 Å². The molecule has 114 valence electrons. The molecule has 3 nitrogen and oxygen atoms in total. The summed E-state index contributed by atoms with van der Waals surface area (Å²) in [7, 11) is 1.74. The fraction of sp³-hybridized carbons (Fsp3) is 0.471. The summed E-state index contributed by atoms with van der Waals surface area (Å²) < 4.78 is 5.21. The summed E-state index contributed by atoms with van der Waals surface area (Å²) in [4.78, 5) is 4.77. The first-order valence-corrected chi connectivity index (χ1v) is 8.34. The minimum absolute atomic E-state index is 0.323. The predicted octanol–water partition coefficient (Wildman–Crippen LogP) is 3.79. The van der Waals surface area contributed by atoms with Crippen molar-refractivity contribution in [1.29, 1.82) is 0 Å². The van der Waals surface area contributed by atoms with Gasteiger partial charge in [0.05, 0.1) is 17.3 Å². The fourth-order valence-corrected chi connectivity index (χ4v) is 3.29. The van der Waals surface area contributed by atoms with E-state index in [0.717, 1.165) is 30.3 Å². The Morgan fingerprint density at radius 2 is 2.05 bits per heavy atom. The van der Waals surface area contributed by atoms with Gasteiger partial charge in [-0.25, -0.2) is 4.98 Å². The molecule has 1 aromatic carbocycles. The maximum absolute atomic E-state index is 5.21. The summed E-state index contributed by atoms with van der Waals surface area (Å²) >= 11 is 1.73. The van der Waals surface area contributed by atoms with Crippen LogP contribution in [-0.2, 0) is 11.2 Å². The molecule has 2 unspecified atom stereocenters. The van der Waals surface area contributed by atoms with E-state index in [0.29, 0.717) is 12.0 Å². The normalized spacial score (nSPS) is 14.0. The largest absolute Gasteiger partial charge is 0.384 e. The number of likely N-dealkylation sites (N-methyl/N-ethyl adjacent to an activating group) is 1. The van der Waals surface area contributed by atoms with Crippen LogP contribution in [0.3, 0.4) is 0 Å². The van der Waals surface area contributed by atoms with E-state index in [1.165, 1.54) is 5.56 Å². The fourth-order valence-electron chi connectivity index (χ4n) is 2.41. The van der Waals surface area contributed by atoms with Crippen molar-refractivity contribution in [3.8, 4) is 0 Å². The highest BCUT2D eigenvalue weighted by atomic mass is 32.1. The molecule has 0 bridgehead atoms. The highest BCUT2D eigenvalue weighted by Crippen LogP contribution is 2.24. The second-order valence-corrected chi connectivity index (χ2v) is 6.15. The quantitative estimate of drug-likeness (QED) is 0.806. The van der Waals surface area contributed by atoms with E-state index in [4.69, 9.17) is 9.72 Å². The Bertz CT molecular complexity index is 527. The number of hydrogen-bond acceptors (Lipinski definition) is 4. The van der Waals surface area contributed by atoms with E-state index < -0.39 is 0 Å². The smallest absolute Gasteiger partial charge is 0.0979 e. The van der Waals surface area contributed by atoms with Gasteiger partial charge in [-0.15, -0.1) is 11.3 Å². The molecule has 0 radical (unpaired) electrons. The van der Waals surface area contributed by atoms with Gasteiger partial charge in [0.15, 0.2) is 0 Å². The Morgan fingerprint density at radius 3 is 2.71 bits per heavy atom. The molecular formula is C17H24N2OS. The highest BCUT2D eigenvalue weighted by molar-refractivity contribution is 7.09. The molecule has 0 spiro atoms. The van der Waals surface area contributed by atoms with Gasteiger partial charge in [-0.05, 0) is 12.1 Å². The summed E-state index contributed by atoms with van der Waals surface area (Å²) in [5, 5.41) is 6.89. The van der Waals surface area contributed by atoms with Crippen molar-refractivity contribution in [1.82, 2.24) is 10.3 Å². The van der Waals surface area contributed by atoms with E-state index in [1.54, 1.807) is 18.4 Å². The predicted molar refractivity (Wildman–Crippen MR) is 89.0 cm³/mol. The first-order valence-electron chi connectivity index (χ1n) is 7.46. The Balaban J connectivity index is 2.07. The first kappa shape index (κ1) is 16.1. The molecular weight excluding hydrogens is 280 g/mol. The van der Waals surface area contributed by atoms with E-state index in [1.807, 2.05) is 0 Å². The third kappa shape index (κ3) is 4.63. The number of nitrogens with one attached hydrogen (secondary N) is 1. The number of thiazole rings is 1. The van der Waals surface area contributed by atoms with Crippen LogP contribution in [0.5, 0.6) is 0 Å². The number of aromatic nitrogens is 1. The number of methoxy groups -OCH3 is 1. The molecule has 0 amide bonds. The summed E-state index contributed by atoms with van der Waals surface area (Å²) in [5.41, 5.74) is 2.48. The molecule has 1 N–H and O–H groups in total. The average Bonchev–Trinajstić information content (AvgIpc) is 2.97. The van der Waals surface area contributed by atoms with Crippen molar-refractivity contribution in [2.75, 3.05) is 20.3 Å². The summed E-state index contributed by atoms with van der Waals surface area (Å²) in [6.45, 7) is 5.98. The molecule has 1 aromatic heterocycles. The van der Waals surface area contributed by atoms with E-state index in [-0.39, 0.29) is 0 Å². The van der Waals surface area contributed by atoms with Gasteiger partial charge in [-0.3, -0.25) is 0 Å². The number of nitrogens with zero attached hydrogens (tertiary/aromatic N) is 1. The van der Waals surface area contributed by atoms with Gasteiger partial charge in [0.2, 0.25) is 0 Å². The third-order valence-corrected chi connectivity index (χ3v) is 4.60. The lowest BCUT2D eigenvalue weighted by atomic mass is 10.0. The monoisotopic (exact) mass is 304 g/mol. The SMILES string of the molecule is CCNC(Cc1csc(C(C)COC)n1)c1ccccc1. The molecule has 0 aliphatic heterocycles. The number of rotatable bonds is 8. The molecule has 0 saturated carbocycles. The average molecular weight is 304 g/mol. The molecule has 4 heteroatoms. The molecule has 1 heterocycles. The van der Waals surface area contributed by atoms with Crippen molar-refractivity contribution in [2.24, 2.45) is 0 Å². The van der Waals surface area contributed by atoms with Crippen molar-refractivity contribution in [3.63, 3.8) is 0 Å². The van der Waals surface area contributed by atoms with Crippen LogP contribution in [-0.4, -0.2) is 25.2 Å². The van der Waals surface area contributed by atoms with E-state index in [2.05, 4.69) is 54.9 Å². The summed E-state index contributed by atoms with van der Waals surface area (Å²) in [6, 6.07) is 10.9. The van der Waals surface area contributed by atoms with Gasteiger partial charge < -0.3 is 10.1 Å². The van der Waals surface area contributed by atoms with Crippen molar-refractivity contribution in [3.05, 3.63) is 52.0 Å². The van der Waals surface area contributed by atoms with Crippen molar-refractivity contribution >= 4 is 11.3 Å². The topological polar surface area (TPSA) is 34.1 Å². The Kier molecular flexibility index (Phi) is 6.36. The van der Waals surface area contributed by atoms with Crippen molar-refractivity contribution in [2.45, 2.75) is 32.2 Å². The lowest BCUT2D eigenvalue weighted by Gasteiger charge is -2.17. The second kappa shape index (κ2) is 8.27. The molecule has 0 saturated heterocycles. The molecule has 0 aliphatic rings. The van der Waals surface area contributed by atoms with Crippen LogP contribution >= 0.6 is 11.3 Å². The second-order valence-electron chi connectivity index (χ2n) is 5.26.